The van der Waals surface area contributed by atoms with Gasteiger partial charge < -0.3 is 35.2 Å². The van der Waals surface area contributed by atoms with Crippen LogP contribution in [0.3, 0.4) is 0 Å². The van der Waals surface area contributed by atoms with Gasteiger partial charge in [0.25, 0.3) is 0 Å². The normalized spacial score (nSPS) is 16.5. The summed E-state index contributed by atoms with van der Waals surface area (Å²) < 4.78 is 2.33. The monoisotopic (exact) mass is 595 g/mol. The minimum absolute atomic E-state index is 0.558. The Balaban J connectivity index is 0.000000595. The number of carboxylic acid groups (broad SMARTS) is 6. The SMILES string of the molecule is CCn1cnc2c1CCC(N1CCCCCC1)C2.O=C(O)/C=C/C(=O)O.O=C(O)/C=C/C(=O)O.O=C(O)/C=C/C(=O)O. The number of carbonyl (C=O) groups is 6. The first-order valence-corrected chi connectivity index (χ1v) is 12.9. The zero-order valence-corrected chi connectivity index (χ0v) is 23.2. The van der Waals surface area contributed by atoms with Gasteiger partial charge in [-0.3, -0.25) is 4.90 Å². The molecule has 15 nitrogen and oxygen atoms in total. The molecule has 0 aromatic carbocycles. The summed E-state index contributed by atoms with van der Waals surface area (Å²) in [5, 5.41) is 46.9. The van der Waals surface area contributed by atoms with Crippen molar-refractivity contribution >= 4 is 35.8 Å². The van der Waals surface area contributed by atoms with E-state index in [0.29, 0.717) is 36.5 Å². The second-order valence-electron chi connectivity index (χ2n) is 8.80. The van der Waals surface area contributed by atoms with Crippen molar-refractivity contribution in [3.05, 3.63) is 54.2 Å². The van der Waals surface area contributed by atoms with Gasteiger partial charge in [0.05, 0.1) is 12.0 Å². The molecule has 0 spiro atoms. The van der Waals surface area contributed by atoms with Crippen LogP contribution < -0.4 is 0 Å². The van der Waals surface area contributed by atoms with E-state index >= 15 is 0 Å². The molecule has 1 aliphatic heterocycles. The summed E-state index contributed by atoms with van der Waals surface area (Å²) >= 11 is 0. The molecule has 0 radical (unpaired) electrons. The molecule has 1 fully saturated rings. The quantitative estimate of drug-likeness (QED) is 0.235. The lowest BCUT2D eigenvalue weighted by Gasteiger charge is -2.33. The Labute approximate surface area is 241 Å². The third kappa shape index (κ3) is 18.5. The van der Waals surface area contributed by atoms with Gasteiger partial charge in [0.15, 0.2) is 0 Å². The van der Waals surface area contributed by atoms with Crippen molar-refractivity contribution in [1.29, 1.82) is 0 Å². The molecule has 0 saturated carbocycles. The van der Waals surface area contributed by atoms with Crippen LogP contribution in [0.2, 0.25) is 0 Å². The minimum atomic E-state index is -1.26. The van der Waals surface area contributed by atoms with Crippen LogP contribution >= 0.6 is 0 Å². The summed E-state index contributed by atoms with van der Waals surface area (Å²) in [6, 6.07) is 0.760. The molecule has 1 unspecified atom stereocenters. The van der Waals surface area contributed by atoms with Gasteiger partial charge in [-0.1, -0.05) is 12.8 Å². The lowest BCUT2D eigenvalue weighted by Crippen LogP contribution is -2.40. The molecular formula is C27H37N3O12. The van der Waals surface area contributed by atoms with Crippen LogP contribution in [0.25, 0.3) is 0 Å². The summed E-state index contributed by atoms with van der Waals surface area (Å²) in [6.07, 6.45) is 14.8. The van der Waals surface area contributed by atoms with Crippen molar-refractivity contribution in [3.8, 4) is 0 Å². The second kappa shape index (κ2) is 21.0. The molecule has 1 aromatic heterocycles. The molecule has 232 valence electrons. The molecule has 1 saturated heterocycles. The maximum Gasteiger partial charge on any atom is 0.328 e. The van der Waals surface area contributed by atoms with Crippen molar-refractivity contribution in [2.45, 2.75) is 64.5 Å². The van der Waals surface area contributed by atoms with Gasteiger partial charge in [-0.05, 0) is 45.7 Å². The largest absolute Gasteiger partial charge is 0.478 e. The van der Waals surface area contributed by atoms with Gasteiger partial charge in [0, 0.05) is 61.2 Å². The third-order valence-electron chi connectivity index (χ3n) is 5.78. The van der Waals surface area contributed by atoms with Crippen molar-refractivity contribution in [2.24, 2.45) is 0 Å². The summed E-state index contributed by atoms with van der Waals surface area (Å²) in [6.45, 7) is 5.91. The van der Waals surface area contributed by atoms with E-state index in [-0.39, 0.29) is 0 Å². The van der Waals surface area contributed by atoms with Gasteiger partial charge >= 0.3 is 35.8 Å². The molecule has 1 aliphatic carbocycles. The van der Waals surface area contributed by atoms with Gasteiger partial charge in [-0.25, -0.2) is 33.8 Å². The van der Waals surface area contributed by atoms with E-state index in [0.717, 1.165) is 12.6 Å². The molecule has 0 amide bonds. The molecule has 3 rings (SSSR count). The zero-order valence-electron chi connectivity index (χ0n) is 23.2. The Bertz CT molecular complexity index is 1020. The number of nitrogens with zero attached hydrogens (tertiary/aromatic N) is 3. The summed E-state index contributed by atoms with van der Waals surface area (Å²) in [5.41, 5.74) is 2.88. The van der Waals surface area contributed by atoms with Crippen LogP contribution in [-0.4, -0.2) is 100 Å². The van der Waals surface area contributed by atoms with Crippen LogP contribution in [-0.2, 0) is 48.2 Å². The van der Waals surface area contributed by atoms with E-state index in [1.165, 1.54) is 69.4 Å². The van der Waals surface area contributed by atoms with Crippen LogP contribution in [0.1, 0.15) is 50.4 Å². The number of likely N-dealkylation sites (tertiary alicyclic amines) is 1. The topological polar surface area (TPSA) is 245 Å². The van der Waals surface area contributed by atoms with Crippen LogP contribution in [0.4, 0.5) is 0 Å². The number of carboxylic acids is 6. The molecule has 1 aromatic rings. The standard InChI is InChI=1S/C15H25N3.3C4H4O4/c1-2-17-12-16-14-11-13(7-8-15(14)17)18-9-5-3-4-6-10-18;3*5-3(6)1-2-4(7)8/h12-13H,2-11H2,1H3;3*1-2H,(H,5,6)(H,7,8)/b;3*2-1+. The number of hydrogen-bond donors (Lipinski definition) is 6. The van der Waals surface area contributed by atoms with E-state index < -0.39 is 35.8 Å². The summed E-state index contributed by atoms with van der Waals surface area (Å²) in [5.74, 6) is -7.54. The van der Waals surface area contributed by atoms with Gasteiger partial charge in [0.2, 0.25) is 0 Å². The Morgan fingerprint density at radius 3 is 1.43 bits per heavy atom. The Morgan fingerprint density at radius 2 is 1.10 bits per heavy atom. The number of aromatic nitrogens is 2. The molecule has 6 N–H and O–H groups in total. The molecule has 42 heavy (non-hydrogen) atoms. The van der Waals surface area contributed by atoms with Crippen LogP contribution in [0.15, 0.2) is 42.8 Å². The number of imidazole rings is 1. The molecular weight excluding hydrogens is 558 g/mol. The minimum Gasteiger partial charge on any atom is -0.478 e. The predicted octanol–water partition coefficient (Wildman–Crippen LogP) is 1.77. The molecule has 2 heterocycles. The Morgan fingerprint density at radius 1 is 0.714 bits per heavy atom. The number of fused-ring (bicyclic) bond motifs is 1. The summed E-state index contributed by atoms with van der Waals surface area (Å²) in [7, 11) is 0. The highest BCUT2D eigenvalue weighted by Gasteiger charge is 2.27. The van der Waals surface area contributed by atoms with E-state index in [1.807, 2.05) is 6.33 Å². The maximum absolute atomic E-state index is 9.55. The highest BCUT2D eigenvalue weighted by atomic mass is 16.4. The first kappa shape index (κ1) is 37.2. The number of hydrogen-bond acceptors (Lipinski definition) is 8. The molecule has 15 heteroatoms. The number of aryl methyl sites for hydroxylation is 1. The van der Waals surface area contributed by atoms with Crippen LogP contribution in [0, 0.1) is 0 Å². The highest BCUT2D eigenvalue weighted by Crippen LogP contribution is 2.25. The van der Waals surface area contributed by atoms with Gasteiger partial charge in [0.1, 0.15) is 0 Å². The highest BCUT2D eigenvalue weighted by molar-refractivity contribution is 5.90. The van der Waals surface area contributed by atoms with E-state index in [9.17, 15) is 28.8 Å². The Hall–Kier alpha value is -4.79. The molecule has 1 atom stereocenters. The molecule has 2 aliphatic rings. The predicted molar refractivity (Wildman–Crippen MR) is 147 cm³/mol. The fraction of sp³-hybridized carbons (Fsp3) is 0.444. The number of aliphatic carboxylic acids is 6. The Kier molecular flexibility index (Phi) is 18.6. The van der Waals surface area contributed by atoms with Crippen molar-refractivity contribution in [1.82, 2.24) is 14.5 Å². The van der Waals surface area contributed by atoms with E-state index in [4.69, 9.17) is 30.6 Å². The smallest absolute Gasteiger partial charge is 0.328 e. The first-order valence-electron chi connectivity index (χ1n) is 12.9. The van der Waals surface area contributed by atoms with Crippen molar-refractivity contribution < 1.29 is 59.4 Å². The lowest BCUT2D eigenvalue weighted by atomic mass is 9.94. The maximum atomic E-state index is 9.55. The third-order valence-corrected chi connectivity index (χ3v) is 5.78. The van der Waals surface area contributed by atoms with Crippen molar-refractivity contribution in [2.75, 3.05) is 13.1 Å². The lowest BCUT2D eigenvalue weighted by molar-refractivity contribution is -0.134. The molecule has 0 bridgehead atoms. The summed E-state index contributed by atoms with van der Waals surface area (Å²) in [4.78, 5) is 64.7. The zero-order chi connectivity index (χ0) is 32.1. The fourth-order valence-corrected chi connectivity index (χ4v) is 4.01. The number of rotatable bonds is 8. The average Bonchev–Trinajstić information content (AvgIpc) is 3.13. The first-order chi connectivity index (χ1) is 19.8. The van der Waals surface area contributed by atoms with Crippen molar-refractivity contribution in [3.63, 3.8) is 0 Å². The second-order valence-corrected chi connectivity index (χ2v) is 8.80. The van der Waals surface area contributed by atoms with E-state index in [1.54, 1.807) is 0 Å². The fourth-order valence-electron chi connectivity index (χ4n) is 4.01. The van der Waals surface area contributed by atoms with Crippen LogP contribution in [0.5, 0.6) is 0 Å². The average molecular weight is 596 g/mol. The van der Waals surface area contributed by atoms with E-state index in [2.05, 4.69) is 21.4 Å². The van der Waals surface area contributed by atoms with Gasteiger partial charge in [-0.15, -0.1) is 0 Å². The van der Waals surface area contributed by atoms with Gasteiger partial charge in [-0.2, -0.15) is 0 Å².